The molecule has 0 fully saturated rings. The molecule has 0 aliphatic heterocycles. The SMILES string of the molecule is CCc1cccc(C(O)(CCCl)c2ccccc2)c1. The predicted molar refractivity (Wildman–Crippen MR) is 80.6 cm³/mol. The maximum absolute atomic E-state index is 11.1. The van der Waals surface area contributed by atoms with Crippen LogP contribution in [0.15, 0.2) is 54.6 Å². The molecule has 0 aromatic heterocycles. The van der Waals surface area contributed by atoms with Crippen LogP contribution in [0.2, 0.25) is 0 Å². The van der Waals surface area contributed by atoms with Gasteiger partial charge in [-0.15, -0.1) is 11.6 Å². The Morgan fingerprint density at radius 1 is 1.00 bits per heavy atom. The van der Waals surface area contributed by atoms with Gasteiger partial charge in [-0.1, -0.05) is 61.5 Å². The average Bonchev–Trinajstić information content (AvgIpc) is 2.48. The van der Waals surface area contributed by atoms with Gasteiger partial charge in [-0.2, -0.15) is 0 Å². The van der Waals surface area contributed by atoms with Gasteiger partial charge in [0.25, 0.3) is 0 Å². The van der Waals surface area contributed by atoms with Gasteiger partial charge in [0.2, 0.25) is 0 Å². The van der Waals surface area contributed by atoms with E-state index in [1.165, 1.54) is 5.56 Å². The van der Waals surface area contributed by atoms with E-state index in [2.05, 4.69) is 19.1 Å². The van der Waals surface area contributed by atoms with Crippen molar-refractivity contribution in [1.29, 1.82) is 0 Å². The van der Waals surface area contributed by atoms with Gasteiger partial charge >= 0.3 is 0 Å². The summed E-state index contributed by atoms with van der Waals surface area (Å²) in [4.78, 5) is 0. The summed E-state index contributed by atoms with van der Waals surface area (Å²) in [5, 5.41) is 11.1. The fourth-order valence-electron chi connectivity index (χ4n) is 2.35. The summed E-state index contributed by atoms with van der Waals surface area (Å²) in [7, 11) is 0. The van der Waals surface area contributed by atoms with Crippen molar-refractivity contribution >= 4 is 11.6 Å². The van der Waals surface area contributed by atoms with Crippen molar-refractivity contribution in [3.8, 4) is 0 Å². The highest BCUT2D eigenvalue weighted by Crippen LogP contribution is 2.33. The van der Waals surface area contributed by atoms with Crippen LogP contribution < -0.4 is 0 Å². The first-order chi connectivity index (χ1) is 9.20. The minimum atomic E-state index is -1.01. The highest BCUT2D eigenvalue weighted by Gasteiger charge is 2.30. The Hall–Kier alpha value is -1.31. The fraction of sp³-hybridized carbons (Fsp3) is 0.294. The van der Waals surface area contributed by atoms with Crippen molar-refractivity contribution in [3.63, 3.8) is 0 Å². The molecule has 0 bridgehead atoms. The van der Waals surface area contributed by atoms with Gasteiger partial charge in [0.1, 0.15) is 5.60 Å². The second kappa shape index (κ2) is 6.23. The molecule has 0 radical (unpaired) electrons. The zero-order valence-corrected chi connectivity index (χ0v) is 11.9. The lowest BCUT2D eigenvalue weighted by molar-refractivity contribution is 0.0774. The molecule has 19 heavy (non-hydrogen) atoms. The zero-order chi connectivity index (χ0) is 13.7. The standard InChI is InChI=1S/C17H19ClO/c1-2-14-7-6-10-16(13-14)17(19,11-12-18)15-8-4-3-5-9-15/h3-10,13,19H,2,11-12H2,1H3. The highest BCUT2D eigenvalue weighted by atomic mass is 35.5. The Balaban J connectivity index is 2.49. The van der Waals surface area contributed by atoms with Gasteiger partial charge in [-0.05, 0) is 29.5 Å². The van der Waals surface area contributed by atoms with E-state index in [1.54, 1.807) is 0 Å². The number of aliphatic hydroxyl groups is 1. The molecule has 1 nitrogen and oxygen atoms in total. The molecule has 0 spiro atoms. The van der Waals surface area contributed by atoms with Crippen LogP contribution in [-0.4, -0.2) is 11.0 Å². The van der Waals surface area contributed by atoms with E-state index in [1.807, 2.05) is 42.5 Å². The summed E-state index contributed by atoms with van der Waals surface area (Å²) in [5.74, 6) is 0.418. The molecule has 0 aliphatic rings. The molecule has 0 amide bonds. The lowest BCUT2D eigenvalue weighted by atomic mass is 9.83. The maximum atomic E-state index is 11.1. The van der Waals surface area contributed by atoms with Gasteiger partial charge in [-0.3, -0.25) is 0 Å². The third-order valence-electron chi connectivity index (χ3n) is 3.52. The summed E-state index contributed by atoms with van der Waals surface area (Å²) in [6.45, 7) is 2.11. The fourth-order valence-corrected chi connectivity index (χ4v) is 2.63. The number of aryl methyl sites for hydroxylation is 1. The van der Waals surface area contributed by atoms with Gasteiger partial charge in [-0.25, -0.2) is 0 Å². The Labute approximate surface area is 119 Å². The van der Waals surface area contributed by atoms with Crippen LogP contribution in [0, 0.1) is 0 Å². The Bertz CT molecular complexity index is 524. The molecule has 1 N–H and O–H groups in total. The van der Waals surface area contributed by atoms with Crippen molar-refractivity contribution in [2.45, 2.75) is 25.4 Å². The lowest BCUT2D eigenvalue weighted by Gasteiger charge is -2.29. The molecular weight excluding hydrogens is 256 g/mol. The summed E-state index contributed by atoms with van der Waals surface area (Å²) in [5.41, 5.74) is 2.03. The normalized spacial score (nSPS) is 14.1. The van der Waals surface area contributed by atoms with Crippen LogP contribution in [-0.2, 0) is 12.0 Å². The number of benzene rings is 2. The minimum Gasteiger partial charge on any atom is -0.380 e. The number of rotatable bonds is 5. The molecular formula is C17H19ClO. The summed E-state index contributed by atoms with van der Waals surface area (Å²) < 4.78 is 0. The van der Waals surface area contributed by atoms with Crippen molar-refractivity contribution < 1.29 is 5.11 Å². The molecule has 100 valence electrons. The molecule has 2 aromatic rings. The van der Waals surface area contributed by atoms with Crippen LogP contribution in [0.3, 0.4) is 0 Å². The Kier molecular flexibility index (Phi) is 4.62. The van der Waals surface area contributed by atoms with Crippen molar-refractivity contribution in [1.82, 2.24) is 0 Å². The van der Waals surface area contributed by atoms with Crippen LogP contribution in [0.25, 0.3) is 0 Å². The molecule has 0 heterocycles. The molecule has 2 heteroatoms. The molecule has 0 saturated carbocycles. The van der Waals surface area contributed by atoms with Crippen molar-refractivity contribution in [3.05, 3.63) is 71.3 Å². The first kappa shape index (κ1) is 14.1. The summed E-state index contributed by atoms with van der Waals surface area (Å²) in [6, 6.07) is 17.9. The molecule has 1 unspecified atom stereocenters. The molecule has 2 rings (SSSR count). The maximum Gasteiger partial charge on any atom is 0.116 e. The Morgan fingerprint density at radius 2 is 1.68 bits per heavy atom. The topological polar surface area (TPSA) is 20.2 Å². The first-order valence-corrected chi connectivity index (χ1v) is 7.17. The molecule has 0 aliphatic carbocycles. The monoisotopic (exact) mass is 274 g/mol. The van der Waals surface area contributed by atoms with E-state index in [0.29, 0.717) is 12.3 Å². The smallest absolute Gasteiger partial charge is 0.116 e. The third-order valence-corrected chi connectivity index (χ3v) is 3.71. The van der Waals surface area contributed by atoms with Gasteiger partial charge < -0.3 is 5.11 Å². The minimum absolute atomic E-state index is 0.418. The average molecular weight is 275 g/mol. The second-order valence-electron chi connectivity index (χ2n) is 4.72. The second-order valence-corrected chi connectivity index (χ2v) is 5.10. The third kappa shape index (κ3) is 2.99. The molecule has 1 atom stereocenters. The van der Waals surface area contributed by atoms with Crippen LogP contribution in [0.5, 0.6) is 0 Å². The highest BCUT2D eigenvalue weighted by molar-refractivity contribution is 6.17. The number of hydrogen-bond acceptors (Lipinski definition) is 1. The predicted octanol–water partition coefficient (Wildman–Crippen LogP) is 4.11. The molecule has 2 aromatic carbocycles. The largest absolute Gasteiger partial charge is 0.380 e. The van der Waals surface area contributed by atoms with Crippen molar-refractivity contribution in [2.24, 2.45) is 0 Å². The quantitative estimate of drug-likeness (QED) is 0.814. The van der Waals surface area contributed by atoms with E-state index >= 15 is 0 Å². The number of alkyl halides is 1. The van der Waals surface area contributed by atoms with Crippen LogP contribution in [0.4, 0.5) is 0 Å². The first-order valence-electron chi connectivity index (χ1n) is 6.64. The van der Waals surface area contributed by atoms with Gasteiger partial charge in [0, 0.05) is 5.88 Å². The van der Waals surface area contributed by atoms with E-state index in [0.717, 1.165) is 17.5 Å². The van der Waals surface area contributed by atoms with Gasteiger partial charge in [0.15, 0.2) is 0 Å². The van der Waals surface area contributed by atoms with E-state index in [4.69, 9.17) is 11.6 Å². The van der Waals surface area contributed by atoms with E-state index in [9.17, 15) is 5.11 Å². The summed E-state index contributed by atoms with van der Waals surface area (Å²) in [6.07, 6.45) is 1.46. The zero-order valence-electron chi connectivity index (χ0n) is 11.1. The molecule has 0 saturated heterocycles. The number of hydrogen-bond donors (Lipinski definition) is 1. The number of halogens is 1. The van der Waals surface area contributed by atoms with E-state index in [-0.39, 0.29) is 0 Å². The van der Waals surface area contributed by atoms with E-state index < -0.39 is 5.60 Å². The van der Waals surface area contributed by atoms with Crippen LogP contribution >= 0.6 is 11.6 Å². The Morgan fingerprint density at radius 3 is 2.32 bits per heavy atom. The lowest BCUT2D eigenvalue weighted by Crippen LogP contribution is -2.28. The summed E-state index contributed by atoms with van der Waals surface area (Å²) >= 11 is 5.90. The van der Waals surface area contributed by atoms with Crippen molar-refractivity contribution in [2.75, 3.05) is 5.88 Å². The van der Waals surface area contributed by atoms with Crippen LogP contribution in [0.1, 0.15) is 30.0 Å². The van der Waals surface area contributed by atoms with Gasteiger partial charge in [0.05, 0.1) is 0 Å².